The van der Waals surface area contributed by atoms with Crippen LogP contribution in [0, 0.1) is 54.1 Å². The molecule has 0 rings (SSSR count). The third kappa shape index (κ3) is 20.7. The lowest BCUT2D eigenvalue weighted by Gasteiger charge is -2.47. The number of rotatable bonds is 39. The van der Waals surface area contributed by atoms with Crippen molar-refractivity contribution in [2.45, 2.75) is 140 Å². The number of aliphatic hydroxyl groups excluding tert-OH is 4. The van der Waals surface area contributed by atoms with E-state index < -0.39 is 230 Å². The third-order valence-electron chi connectivity index (χ3n) is 15.6. The Morgan fingerprint density at radius 1 is 0.282 bits per heavy atom. The zero-order chi connectivity index (χ0) is 66.4. The van der Waals surface area contributed by atoms with Gasteiger partial charge in [0.05, 0.1) is 130 Å². The highest BCUT2D eigenvalue weighted by atomic mass is 16.6. The quantitative estimate of drug-likeness (QED) is 0.0385. The fourth-order valence-electron chi connectivity index (χ4n) is 13.3. The van der Waals surface area contributed by atoms with Crippen molar-refractivity contribution in [3.05, 3.63) is 12.2 Å². The molecule has 0 bridgehead atoms. The van der Waals surface area contributed by atoms with E-state index in [-0.39, 0.29) is 12.0 Å². The maximum Gasteiger partial charge on any atom is 0.333 e. The highest BCUT2D eigenvalue weighted by Crippen LogP contribution is 2.57. The molecule has 26 heteroatoms. The zero-order valence-corrected chi connectivity index (χ0v) is 53.2. The Morgan fingerprint density at radius 3 is 0.694 bits per heavy atom. The van der Waals surface area contributed by atoms with E-state index in [4.69, 9.17) is 52.1 Å². The summed E-state index contributed by atoms with van der Waals surface area (Å²) in [6.07, 6.45) is -5.76. The number of hydrogen-bond donors (Lipinski definition) is 4. The summed E-state index contributed by atoms with van der Waals surface area (Å²) in [6.45, 7) is 14.1. The lowest BCUT2D eigenvalue weighted by Crippen LogP contribution is -2.51. The molecule has 0 aromatic heterocycles. The van der Waals surface area contributed by atoms with Gasteiger partial charge in [0, 0.05) is 5.57 Å². The molecule has 488 valence electrons. The van der Waals surface area contributed by atoms with Gasteiger partial charge in [0.25, 0.3) is 0 Å². The Morgan fingerprint density at radius 2 is 0.471 bits per heavy atom. The second kappa shape index (κ2) is 32.5. The molecule has 26 nitrogen and oxygen atoms in total. The van der Waals surface area contributed by atoms with Crippen LogP contribution in [0.1, 0.15) is 140 Å². The maximum absolute atomic E-state index is 14.8. The SMILES string of the molecule is C=C(CC(C)(CC(C)(CC(C)(CC(C)(CC(C)(CC(C)(CC(C)(CC(C)(CC(C)(CC(C)(C)C(=O)OC)C(=O)OC)C(=O)OC)C(=O)OC)C(=O)OC)C(=O)OC)C(=O)OC)C(=O)OCCO)C(=O)OCCO)C(=O)OCCO)C(=O)OCCO. The van der Waals surface area contributed by atoms with E-state index >= 15 is 0 Å². The first-order valence-corrected chi connectivity index (χ1v) is 27.4. The monoisotopic (exact) mass is 1220 g/mol. The van der Waals surface area contributed by atoms with E-state index in [1.54, 1.807) is 0 Å². The minimum atomic E-state index is -2.15. The maximum atomic E-state index is 14.8. The normalized spacial score (nSPS) is 17.9. The van der Waals surface area contributed by atoms with Crippen molar-refractivity contribution >= 4 is 65.7 Å². The van der Waals surface area contributed by atoms with Gasteiger partial charge in [-0.1, -0.05) is 6.58 Å². The first-order chi connectivity index (χ1) is 39.0. The van der Waals surface area contributed by atoms with E-state index in [0.29, 0.717) is 0 Å². The molecule has 0 radical (unpaired) electrons. The van der Waals surface area contributed by atoms with Crippen LogP contribution in [0.4, 0.5) is 0 Å². The van der Waals surface area contributed by atoms with Crippen LogP contribution in [0.2, 0.25) is 0 Å². The molecule has 0 fully saturated rings. The Labute approximate surface area is 498 Å². The molecule has 0 saturated carbocycles. The summed E-state index contributed by atoms with van der Waals surface area (Å²) in [4.78, 5) is 156. The van der Waals surface area contributed by atoms with Crippen molar-refractivity contribution in [2.24, 2.45) is 54.1 Å². The second-order valence-electron chi connectivity index (χ2n) is 25.2. The van der Waals surface area contributed by atoms with Gasteiger partial charge in [0.2, 0.25) is 0 Å². The molecule has 0 aliphatic carbocycles. The molecule has 0 heterocycles. The van der Waals surface area contributed by atoms with Crippen molar-refractivity contribution in [3.8, 4) is 0 Å². The van der Waals surface area contributed by atoms with Gasteiger partial charge in [-0.25, -0.2) is 4.79 Å². The molecule has 9 atom stereocenters. The predicted octanol–water partition coefficient (Wildman–Crippen LogP) is 3.88. The lowest BCUT2D eigenvalue weighted by molar-refractivity contribution is -0.175. The van der Waals surface area contributed by atoms with Gasteiger partial charge >= 0.3 is 65.7 Å². The summed E-state index contributed by atoms with van der Waals surface area (Å²) in [5.74, 6) is -10.9. The number of esters is 11. The van der Waals surface area contributed by atoms with Crippen LogP contribution in [0.5, 0.6) is 0 Å². The second-order valence-corrected chi connectivity index (χ2v) is 25.2. The molecule has 0 aromatic carbocycles. The van der Waals surface area contributed by atoms with Crippen LogP contribution in [0.3, 0.4) is 0 Å². The molecule has 9 unspecified atom stereocenters. The molecule has 0 aromatic rings. The van der Waals surface area contributed by atoms with E-state index in [9.17, 15) is 73.2 Å². The van der Waals surface area contributed by atoms with E-state index in [2.05, 4.69) is 6.58 Å². The molecule has 0 spiro atoms. The average molecular weight is 1220 g/mol. The number of carbonyl (C=O) groups excluding carboxylic acids is 11. The van der Waals surface area contributed by atoms with E-state index in [1.165, 1.54) is 83.3 Å². The van der Waals surface area contributed by atoms with Crippen LogP contribution in [-0.2, 0) is 105 Å². The third-order valence-corrected chi connectivity index (χ3v) is 15.6. The van der Waals surface area contributed by atoms with Crippen molar-refractivity contribution in [1.29, 1.82) is 0 Å². The minimum absolute atomic E-state index is 0.233. The standard InChI is InChI=1S/C59H96O26/c1-38(39(64)82-24-20-60)28-51(4,47(72)83-25-21-61)30-58(11,48(73)84-26-22-62)37-59(12,49(74)85-27-23-63)36-57(10,46(71)81-19)35-56(9,45(70)80-18)34-55(8,44(69)79-17)33-54(7,43(68)78-16)32-53(6,42(67)77-15)31-52(5,41(66)76-14)29-50(2,3)40(65)75-13/h60-63H,1,20-37H2,2-19H3. The van der Waals surface area contributed by atoms with Gasteiger partial charge in [0.15, 0.2) is 0 Å². The topological polar surface area (TPSA) is 370 Å². The molecule has 85 heavy (non-hydrogen) atoms. The largest absolute Gasteiger partial charge is 0.469 e. The summed E-state index contributed by atoms with van der Waals surface area (Å²) < 4.78 is 58.3. The first-order valence-electron chi connectivity index (χ1n) is 27.4. The van der Waals surface area contributed by atoms with Crippen molar-refractivity contribution < 1.29 is 125 Å². The van der Waals surface area contributed by atoms with Gasteiger partial charge in [-0.05, 0) is 140 Å². The van der Waals surface area contributed by atoms with Crippen LogP contribution >= 0.6 is 0 Å². The fourth-order valence-corrected chi connectivity index (χ4v) is 13.3. The summed E-state index contributed by atoms with van der Waals surface area (Å²) in [5, 5.41) is 38.5. The smallest absolute Gasteiger partial charge is 0.333 e. The summed E-state index contributed by atoms with van der Waals surface area (Å²) in [7, 11) is 7.49. The Balaban J connectivity index is 8.67. The molecule has 0 aliphatic rings. The Hall–Kier alpha value is -6.25. The first kappa shape index (κ1) is 78.8. The predicted molar refractivity (Wildman–Crippen MR) is 298 cm³/mol. The molecule has 0 amide bonds. The van der Waals surface area contributed by atoms with Crippen LogP contribution < -0.4 is 0 Å². The van der Waals surface area contributed by atoms with Gasteiger partial charge in [-0.3, -0.25) is 47.9 Å². The van der Waals surface area contributed by atoms with Crippen LogP contribution in [0.15, 0.2) is 12.2 Å². The van der Waals surface area contributed by atoms with E-state index in [0.717, 1.165) is 42.7 Å². The van der Waals surface area contributed by atoms with Gasteiger partial charge in [-0.15, -0.1) is 0 Å². The van der Waals surface area contributed by atoms with Crippen LogP contribution in [-0.4, -0.2) is 189 Å². The highest BCUT2D eigenvalue weighted by molar-refractivity contribution is 5.91. The summed E-state index contributed by atoms with van der Waals surface area (Å²) in [5.41, 5.74) is -19.5. The number of hydrogen-bond acceptors (Lipinski definition) is 26. The summed E-state index contributed by atoms with van der Waals surface area (Å²) >= 11 is 0. The van der Waals surface area contributed by atoms with Gasteiger partial charge < -0.3 is 72.5 Å². The van der Waals surface area contributed by atoms with Crippen molar-refractivity contribution in [3.63, 3.8) is 0 Å². The Kier molecular flexibility index (Phi) is 30.1. The van der Waals surface area contributed by atoms with Crippen LogP contribution in [0.25, 0.3) is 0 Å². The Bertz CT molecular complexity index is 2380. The van der Waals surface area contributed by atoms with E-state index in [1.807, 2.05) is 0 Å². The number of ether oxygens (including phenoxy) is 11. The molecular formula is C59H96O26. The zero-order valence-electron chi connectivity index (χ0n) is 53.2. The average Bonchev–Trinajstić information content (AvgIpc) is 1.17. The van der Waals surface area contributed by atoms with Gasteiger partial charge in [0.1, 0.15) is 26.4 Å². The number of carbonyl (C=O) groups is 11. The number of aliphatic hydroxyl groups is 4. The van der Waals surface area contributed by atoms with Crippen molar-refractivity contribution in [1.82, 2.24) is 0 Å². The molecule has 4 N–H and O–H groups in total. The highest BCUT2D eigenvalue weighted by Gasteiger charge is 2.61. The fraction of sp³-hybridized carbons (Fsp3) is 0.780. The molecular weight excluding hydrogens is 1120 g/mol. The molecule has 0 aliphatic heterocycles. The minimum Gasteiger partial charge on any atom is -0.469 e. The molecule has 0 saturated heterocycles. The lowest BCUT2D eigenvalue weighted by atomic mass is 9.56. The van der Waals surface area contributed by atoms with Gasteiger partial charge in [-0.2, -0.15) is 0 Å². The van der Waals surface area contributed by atoms with Crippen molar-refractivity contribution in [2.75, 3.05) is 103 Å². The number of methoxy groups -OCH3 is 7. The summed E-state index contributed by atoms with van der Waals surface area (Å²) in [6, 6.07) is 0.